The summed E-state index contributed by atoms with van der Waals surface area (Å²) < 4.78 is 2.31. The van der Waals surface area contributed by atoms with E-state index in [1.54, 1.807) is 0 Å². The van der Waals surface area contributed by atoms with E-state index in [0.29, 0.717) is 5.92 Å². The lowest BCUT2D eigenvalue weighted by Crippen LogP contribution is -2.07. The molecule has 1 aromatic heterocycles. The summed E-state index contributed by atoms with van der Waals surface area (Å²) in [6.07, 6.45) is 1.02. The van der Waals surface area contributed by atoms with Gasteiger partial charge in [-0.2, -0.15) is 0 Å². The van der Waals surface area contributed by atoms with Gasteiger partial charge in [0.2, 0.25) is 0 Å². The fourth-order valence-electron chi connectivity index (χ4n) is 4.04. The SMILES string of the molecule is CCC(C)c1ccccc1C(=O)c1ccc2c(c1)c1ccccc1n2CC. The molecule has 3 aromatic carbocycles. The Morgan fingerprint density at radius 3 is 2.37 bits per heavy atom. The highest BCUT2D eigenvalue weighted by molar-refractivity contribution is 6.15. The number of fused-ring (bicyclic) bond motifs is 3. The number of para-hydroxylation sites is 1. The molecule has 0 aliphatic carbocycles. The van der Waals surface area contributed by atoms with Gasteiger partial charge in [0.05, 0.1) is 0 Å². The Labute approximate surface area is 160 Å². The summed E-state index contributed by atoms with van der Waals surface area (Å²) in [6, 6.07) is 22.6. The number of hydrogen-bond donors (Lipinski definition) is 0. The molecule has 0 saturated heterocycles. The van der Waals surface area contributed by atoms with Gasteiger partial charge in [-0.1, -0.05) is 56.3 Å². The molecule has 1 heterocycles. The number of aryl methyl sites for hydroxylation is 1. The third-order valence-electron chi connectivity index (χ3n) is 5.70. The molecule has 2 nitrogen and oxygen atoms in total. The molecule has 0 N–H and O–H groups in total. The van der Waals surface area contributed by atoms with Crippen molar-refractivity contribution in [1.82, 2.24) is 4.57 Å². The minimum atomic E-state index is 0.112. The van der Waals surface area contributed by atoms with Crippen LogP contribution < -0.4 is 0 Å². The van der Waals surface area contributed by atoms with Crippen molar-refractivity contribution in [2.24, 2.45) is 0 Å². The Balaban J connectivity index is 1.89. The first-order valence-corrected chi connectivity index (χ1v) is 9.80. The summed E-state index contributed by atoms with van der Waals surface area (Å²) in [4.78, 5) is 13.3. The summed E-state index contributed by atoms with van der Waals surface area (Å²) in [5.41, 5.74) is 5.13. The Hall–Kier alpha value is -2.87. The number of aromatic nitrogens is 1. The summed E-state index contributed by atoms with van der Waals surface area (Å²) >= 11 is 0. The van der Waals surface area contributed by atoms with Gasteiger partial charge in [-0.15, -0.1) is 0 Å². The maximum Gasteiger partial charge on any atom is 0.193 e. The predicted octanol–water partition coefficient (Wildman–Crippen LogP) is 6.56. The topological polar surface area (TPSA) is 22.0 Å². The molecule has 4 rings (SSSR count). The molecular weight excluding hydrogens is 330 g/mol. The monoisotopic (exact) mass is 355 g/mol. The van der Waals surface area contributed by atoms with Crippen molar-refractivity contribution in [3.8, 4) is 0 Å². The first-order chi connectivity index (χ1) is 13.2. The van der Waals surface area contributed by atoms with Gasteiger partial charge < -0.3 is 4.57 Å². The Morgan fingerprint density at radius 1 is 0.889 bits per heavy atom. The fourth-order valence-corrected chi connectivity index (χ4v) is 4.04. The summed E-state index contributed by atoms with van der Waals surface area (Å²) in [5, 5.41) is 2.36. The van der Waals surface area contributed by atoms with E-state index in [0.717, 1.165) is 35.0 Å². The van der Waals surface area contributed by atoms with Crippen LogP contribution in [0.15, 0.2) is 66.7 Å². The van der Waals surface area contributed by atoms with Gasteiger partial charge in [-0.25, -0.2) is 0 Å². The summed E-state index contributed by atoms with van der Waals surface area (Å²) in [6.45, 7) is 7.42. The molecular formula is C25H25NO. The van der Waals surface area contributed by atoms with Gasteiger partial charge in [0.1, 0.15) is 0 Å². The molecule has 0 saturated carbocycles. The second-order valence-electron chi connectivity index (χ2n) is 7.22. The number of rotatable bonds is 5. The average molecular weight is 355 g/mol. The van der Waals surface area contributed by atoms with Crippen LogP contribution in [0, 0.1) is 0 Å². The quantitative estimate of drug-likeness (QED) is 0.372. The molecule has 0 spiro atoms. The van der Waals surface area contributed by atoms with E-state index in [9.17, 15) is 4.79 Å². The zero-order chi connectivity index (χ0) is 19.0. The number of ketones is 1. The molecule has 4 aromatic rings. The van der Waals surface area contributed by atoms with Gasteiger partial charge in [0, 0.05) is 39.5 Å². The Bertz CT molecular complexity index is 1140. The largest absolute Gasteiger partial charge is 0.341 e. The zero-order valence-corrected chi connectivity index (χ0v) is 16.2. The van der Waals surface area contributed by atoms with E-state index in [2.05, 4.69) is 67.8 Å². The standard InChI is InChI=1S/C25H25NO/c1-4-17(3)19-10-6-7-12-21(19)25(27)18-14-15-24-22(16-18)20-11-8-9-13-23(20)26(24)5-2/h6-17H,4-5H2,1-3H3. The molecule has 0 aliphatic rings. The molecule has 0 amide bonds. The van der Waals surface area contributed by atoms with Crippen LogP contribution in [0.1, 0.15) is 54.6 Å². The van der Waals surface area contributed by atoms with Crippen LogP contribution in [0.2, 0.25) is 0 Å². The predicted molar refractivity (Wildman–Crippen MR) is 114 cm³/mol. The molecule has 27 heavy (non-hydrogen) atoms. The molecule has 0 aliphatic heterocycles. The molecule has 0 bridgehead atoms. The second-order valence-corrected chi connectivity index (χ2v) is 7.22. The van der Waals surface area contributed by atoms with E-state index >= 15 is 0 Å². The van der Waals surface area contributed by atoms with Gasteiger partial charge in [0.15, 0.2) is 5.78 Å². The van der Waals surface area contributed by atoms with Crippen LogP contribution in [-0.4, -0.2) is 10.4 Å². The van der Waals surface area contributed by atoms with Crippen molar-refractivity contribution in [2.75, 3.05) is 0 Å². The number of carbonyl (C=O) groups excluding carboxylic acids is 1. The molecule has 2 heteroatoms. The van der Waals surface area contributed by atoms with Crippen LogP contribution in [0.5, 0.6) is 0 Å². The number of nitrogens with zero attached hydrogens (tertiary/aromatic N) is 1. The van der Waals surface area contributed by atoms with Crippen LogP contribution >= 0.6 is 0 Å². The molecule has 1 atom stereocenters. The summed E-state index contributed by atoms with van der Waals surface area (Å²) in [7, 11) is 0. The number of benzene rings is 3. The van der Waals surface area contributed by atoms with Crippen LogP contribution in [-0.2, 0) is 6.54 Å². The maximum absolute atomic E-state index is 13.3. The second kappa shape index (κ2) is 7.03. The number of carbonyl (C=O) groups is 1. The minimum Gasteiger partial charge on any atom is -0.341 e. The lowest BCUT2D eigenvalue weighted by Gasteiger charge is -2.14. The fraction of sp³-hybridized carbons (Fsp3) is 0.240. The van der Waals surface area contributed by atoms with E-state index in [1.165, 1.54) is 16.4 Å². The highest BCUT2D eigenvalue weighted by Crippen LogP contribution is 2.31. The van der Waals surface area contributed by atoms with Crippen molar-refractivity contribution >= 4 is 27.6 Å². The van der Waals surface area contributed by atoms with Gasteiger partial charge in [0.25, 0.3) is 0 Å². The molecule has 0 radical (unpaired) electrons. The van der Waals surface area contributed by atoms with Gasteiger partial charge in [-0.05, 0) is 49.1 Å². The van der Waals surface area contributed by atoms with Crippen LogP contribution in [0.4, 0.5) is 0 Å². The average Bonchev–Trinajstić information content (AvgIpc) is 3.05. The third-order valence-corrected chi connectivity index (χ3v) is 5.70. The van der Waals surface area contributed by atoms with Crippen molar-refractivity contribution in [2.45, 2.75) is 39.7 Å². The first kappa shape index (κ1) is 17.5. The van der Waals surface area contributed by atoms with Gasteiger partial charge >= 0.3 is 0 Å². The maximum atomic E-state index is 13.3. The molecule has 136 valence electrons. The van der Waals surface area contributed by atoms with Crippen molar-refractivity contribution in [1.29, 1.82) is 0 Å². The van der Waals surface area contributed by atoms with Gasteiger partial charge in [-0.3, -0.25) is 4.79 Å². The van der Waals surface area contributed by atoms with Crippen LogP contribution in [0.25, 0.3) is 21.8 Å². The van der Waals surface area contributed by atoms with E-state index < -0.39 is 0 Å². The smallest absolute Gasteiger partial charge is 0.193 e. The molecule has 1 unspecified atom stereocenters. The highest BCUT2D eigenvalue weighted by Gasteiger charge is 2.18. The van der Waals surface area contributed by atoms with Crippen molar-refractivity contribution < 1.29 is 4.79 Å². The minimum absolute atomic E-state index is 0.112. The lowest BCUT2D eigenvalue weighted by molar-refractivity contribution is 0.103. The van der Waals surface area contributed by atoms with E-state index in [-0.39, 0.29) is 5.78 Å². The van der Waals surface area contributed by atoms with E-state index in [4.69, 9.17) is 0 Å². The van der Waals surface area contributed by atoms with E-state index in [1.807, 2.05) is 24.3 Å². The van der Waals surface area contributed by atoms with Crippen molar-refractivity contribution in [3.05, 3.63) is 83.4 Å². The summed E-state index contributed by atoms with van der Waals surface area (Å²) in [5.74, 6) is 0.483. The third kappa shape index (κ3) is 2.86. The number of hydrogen-bond acceptors (Lipinski definition) is 1. The van der Waals surface area contributed by atoms with Crippen LogP contribution in [0.3, 0.4) is 0 Å². The normalized spacial score (nSPS) is 12.6. The molecule has 0 fully saturated rings. The Kier molecular flexibility index (Phi) is 4.57. The van der Waals surface area contributed by atoms with Crippen molar-refractivity contribution in [3.63, 3.8) is 0 Å². The lowest BCUT2D eigenvalue weighted by atomic mass is 9.89. The highest BCUT2D eigenvalue weighted by atomic mass is 16.1. The first-order valence-electron chi connectivity index (χ1n) is 9.80. The Morgan fingerprint density at radius 2 is 1.59 bits per heavy atom. The zero-order valence-electron chi connectivity index (χ0n) is 16.2.